The smallest absolute Gasteiger partial charge is 0.255 e. The van der Waals surface area contributed by atoms with Gasteiger partial charge in [-0.15, -0.1) is 0 Å². The first-order valence-corrected chi connectivity index (χ1v) is 12.0. The van der Waals surface area contributed by atoms with E-state index in [9.17, 15) is 18.3 Å². The molecule has 33 heavy (non-hydrogen) atoms. The van der Waals surface area contributed by atoms with Crippen LogP contribution in [-0.2, 0) is 21.2 Å². The van der Waals surface area contributed by atoms with Gasteiger partial charge < -0.3 is 15.2 Å². The molecule has 0 atom stereocenters. The molecule has 3 aromatic rings. The Morgan fingerprint density at radius 2 is 1.85 bits per heavy atom. The van der Waals surface area contributed by atoms with Gasteiger partial charge in [0.2, 0.25) is 10.0 Å². The number of ether oxygens (including phenoxy) is 1. The zero-order valence-electron chi connectivity index (χ0n) is 18.1. The summed E-state index contributed by atoms with van der Waals surface area (Å²) in [7, 11) is -3.75. The molecule has 4 rings (SSSR count). The quantitative estimate of drug-likeness (QED) is 0.570. The number of aromatic hydroxyl groups is 1. The van der Waals surface area contributed by atoms with Crippen LogP contribution in [-0.4, -0.2) is 60.0 Å². The molecule has 0 radical (unpaired) electrons. The highest BCUT2D eigenvalue weighted by molar-refractivity contribution is 7.89. The number of rotatable bonds is 6. The first-order valence-electron chi connectivity index (χ1n) is 10.5. The molecule has 0 bridgehead atoms. The molecule has 172 valence electrons. The number of anilines is 1. The van der Waals surface area contributed by atoms with Gasteiger partial charge in [-0.05, 0) is 36.2 Å². The van der Waals surface area contributed by atoms with Gasteiger partial charge in [-0.1, -0.05) is 25.1 Å². The average Bonchev–Trinajstić information content (AvgIpc) is 2.84. The molecule has 1 aliphatic heterocycles. The highest BCUT2D eigenvalue weighted by Crippen LogP contribution is 2.24. The van der Waals surface area contributed by atoms with Crippen LogP contribution >= 0.6 is 0 Å². The number of aromatic nitrogens is 2. The standard InChI is InChI=1S/C23H24N4O5S/c1-2-16-6-7-18(13-21(16)33(30,31)27-8-10-32-11-9-27)23(29)26-19-14-24-22(25-15-19)17-4-3-5-20(28)12-17/h3-7,12-15,28H,2,8-11H2,1H3,(H,26,29). The third-order valence-electron chi connectivity index (χ3n) is 5.31. The fraction of sp³-hybridized carbons (Fsp3) is 0.261. The molecule has 0 saturated carbocycles. The van der Waals surface area contributed by atoms with Crippen LogP contribution in [0.2, 0.25) is 0 Å². The Morgan fingerprint density at radius 3 is 2.52 bits per heavy atom. The van der Waals surface area contributed by atoms with Crippen LogP contribution in [0.5, 0.6) is 5.75 Å². The molecule has 2 aromatic carbocycles. The van der Waals surface area contributed by atoms with Crippen molar-refractivity contribution in [1.29, 1.82) is 0 Å². The number of sulfonamides is 1. The van der Waals surface area contributed by atoms with E-state index in [4.69, 9.17) is 4.74 Å². The maximum absolute atomic E-state index is 13.2. The third kappa shape index (κ3) is 5.03. The van der Waals surface area contributed by atoms with E-state index >= 15 is 0 Å². The van der Waals surface area contributed by atoms with Gasteiger partial charge >= 0.3 is 0 Å². The number of carbonyl (C=O) groups excluding carboxylic acids is 1. The van der Waals surface area contributed by atoms with Crippen LogP contribution < -0.4 is 5.32 Å². The summed E-state index contributed by atoms with van der Waals surface area (Å²) >= 11 is 0. The summed E-state index contributed by atoms with van der Waals surface area (Å²) < 4.78 is 33.0. The molecule has 0 aliphatic carbocycles. The van der Waals surface area contributed by atoms with Crippen molar-refractivity contribution in [3.63, 3.8) is 0 Å². The Hall–Kier alpha value is -3.34. The second kappa shape index (κ2) is 9.65. The maximum atomic E-state index is 13.2. The molecule has 1 saturated heterocycles. The van der Waals surface area contributed by atoms with Crippen molar-refractivity contribution in [2.75, 3.05) is 31.6 Å². The molecule has 0 unspecified atom stereocenters. The van der Waals surface area contributed by atoms with Crippen LogP contribution in [0.15, 0.2) is 59.8 Å². The number of aryl methyl sites for hydroxylation is 1. The number of morpholine rings is 1. The topological polar surface area (TPSA) is 122 Å². The van der Waals surface area contributed by atoms with Crippen LogP contribution in [0.1, 0.15) is 22.8 Å². The number of benzene rings is 2. The lowest BCUT2D eigenvalue weighted by Crippen LogP contribution is -2.41. The lowest BCUT2D eigenvalue weighted by atomic mass is 10.1. The van der Waals surface area contributed by atoms with E-state index in [-0.39, 0.29) is 29.3 Å². The first kappa shape index (κ1) is 22.8. The fourth-order valence-electron chi connectivity index (χ4n) is 3.54. The molecule has 10 heteroatoms. The molecular weight excluding hydrogens is 444 g/mol. The van der Waals surface area contributed by atoms with Gasteiger partial charge in [0.05, 0.1) is 36.2 Å². The van der Waals surface area contributed by atoms with Crippen LogP contribution in [0.25, 0.3) is 11.4 Å². The van der Waals surface area contributed by atoms with E-state index < -0.39 is 15.9 Å². The van der Waals surface area contributed by atoms with E-state index in [0.717, 1.165) is 0 Å². The van der Waals surface area contributed by atoms with Crippen molar-refractivity contribution in [3.05, 3.63) is 66.0 Å². The average molecular weight is 469 g/mol. The Balaban J connectivity index is 1.55. The van der Waals surface area contributed by atoms with E-state index in [1.807, 2.05) is 6.92 Å². The lowest BCUT2D eigenvalue weighted by Gasteiger charge is -2.27. The summed E-state index contributed by atoms with van der Waals surface area (Å²) in [5, 5.41) is 12.3. The van der Waals surface area contributed by atoms with Gasteiger partial charge in [-0.3, -0.25) is 4.79 Å². The first-order chi connectivity index (χ1) is 15.9. The predicted octanol–water partition coefficient (Wildman–Crippen LogP) is 2.68. The Kier molecular flexibility index (Phi) is 6.68. The monoisotopic (exact) mass is 468 g/mol. The van der Waals surface area contributed by atoms with Crippen LogP contribution in [0.4, 0.5) is 5.69 Å². The molecule has 1 fully saturated rings. The van der Waals surface area contributed by atoms with Gasteiger partial charge in [0.15, 0.2) is 5.82 Å². The molecular formula is C23H24N4O5S. The van der Waals surface area contributed by atoms with Crippen molar-refractivity contribution >= 4 is 21.6 Å². The lowest BCUT2D eigenvalue weighted by molar-refractivity contribution is 0.0730. The van der Waals surface area contributed by atoms with Crippen LogP contribution in [0, 0.1) is 0 Å². The number of nitrogens with one attached hydrogen (secondary N) is 1. The summed E-state index contributed by atoms with van der Waals surface area (Å²) in [4.78, 5) is 21.4. The molecule has 2 N–H and O–H groups in total. The molecule has 0 spiro atoms. The molecule has 2 heterocycles. The van der Waals surface area contributed by atoms with Crippen molar-refractivity contribution in [1.82, 2.24) is 14.3 Å². The minimum atomic E-state index is -3.75. The molecule has 9 nitrogen and oxygen atoms in total. The number of nitrogens with zero attached hydrogens (tertiary/aromatic N) is 3. The van der Waals surface area contributed by atoms with Gasteiger partial charge in [-0.25, -0.2) is 18.4 Å². The maximum Gasteiger partial charge on any atom is 0.255 e. The highest BCUT2D eigenvalue weighted by Gasteiger charge is 2.29. The Morgan fingerprint density at radius 1 is 1.12 bits per heavy atom. The second-order valence-corrected chi connectivity index (χ2v) is 9.40. The summed E-state index contributed by atoms with van der Waals surface area (Å²) in [6.45, 7) is 3.13. The van der Waals surface area contributed by atoms with E-state index in [1.54, 1.807) is 36.4 Å². The van der Waals surface area contributed by atoms with Crippen molar-refractivity contribution in [2.45, 2.75) is 18.2 Å². The predicted molar refractivity (Wildman–Crippen MR) is 122 cm³/mol. The van der Waals surface area contributed by atoms with Gasteiger partial charge in [-0.2, -0.15) is 4.31 Å². The van der Waals surface area contributed by atoms with E-state index in [0.29, 0.717) is 42.3 Å². The number of hydrogen-bond acceptors (Lipinski definition) is 7. The highest BCUT2D eigenvalue weighted by atomic mass is 32.2. The number of hydrogen-bond donors (Lipinski definition) is 2. The second-order valence-electron chi connectivity index (χ2n) is 7.49. The van der Waals surface area contributed by atoms with E-state index in [1.165, 1.54) is 22.8 Å². The van der Waals surface area contributed by atoms with Crippen LogP contribution in [0.3, 0.4) is 0 Å². The normalized spacial score (nSPS) is 14.7. The molecule has 1 aliphatic rings. The molecule has 1 amide bonds. The van der Waals surface area contributed by atoms with Crippen molar-refractivity contribution < 1.29 is 23.1 Å². The number of phenols is 1. The van der Waals surface area contributed by atoms with Crippen molar-refractivity contribution in [2.24, 2.45) is 0 Å². The van der Waals surface area contributed by atoms with Gasteiger partial charge in [0, 0.05) is 24.2 Å². The van der Waals surface area contributed by atoms with Gasteiger partial charge in [0.25, 0.3) is 5.91 Å². The summed E-state index contributed by atoms with van der Waals surface area (Å²) in [6, 6.07) is 11.2. The Bertz CT molecular complexity index is 1260. The minimum Gasteiger partial charge on any atom is -0.508 e. The van der Waals surface area contributed by atoms with Crippen molar-refractivity contribution in [3.8, 4) is 17.1 Å². The number of phenolic OH excluding ortho intramolecular Hbond substituents is 1. The molecule has 1 aromatic heterocycles. The number of carbonyl (C=O) groups is 1. The third-order valence-corrected chi connectivity index (χ3v) is 7.29. The minimum absolute atomic E-state index is 0.104. The zero-order chi connectivity index (χ0) is 23.4. The summed E-state index contributed by atoms with van der Waals surface area (Å²) in [5.74, 6) is 0.0340. The SMILES string of the molecule is CCc1ccc(C(=O)Nc2cnc(-c3cccc(O)c3)nc2)cc1S(=O)(=O)N1CCOCC1. The fourth-order valence-corrected chi connectivity index (χ4v) is 5.27. The largest absolute Gasteiger partial charge is 0.508 e. The number of amides is 1. The van der Waals surface area contributed by atoms with E-state index in [2.05, 4.69) is 15.3 Å². The summed E-state index contributed by atoms with van der Waals surface area (Å²) in [5.41, 5.74) is 1.87. The zero-order valence-corrected chi connectivity index (χ0v) is 18.9. The summed E-state index contributed by atoms with van der Waals surface area (Å²) in [6.07, 6.45) is 3.43. The van der Waals surface area contributed by atoms with Gasteiger partial charge in [0.1, 0.15) is 5.75 Å². The Labute approximate surface area is 192 Å².